The number of amides is 4. The van der Waals surface area contributed by atoms with Crippen molar-refractivity contribution in [3.8, 4) is 17.4 Å². The predicted octanol–water partition coefficient (Wildman–Crippen LogP) is 4.54. The fraction of sp³-hybridized carbons (Fsp3) is 0.615. The molecule has 4 amide bonds. The summed E-state index contributed by atoms with van der Waals surface area (Å²) >= 11 is 0. The molecular formula is C39H48F3N5O10S. The van der Waals surface area contributed by atoms with Crippen LogP contribution in [0.15, 0.2) is 36.5 Å². The van der Waals surface area contributed by atoms with Gasteiger partial charge in [-0.15, -0.1) is 0 Å². The molecule has 3 N–H and O–H groups in total. The van der Waals surface area contributed by atoms with Crippen molar-refractivity contribution in [2.45, 2.75) is 113 Å². The molecule has 58 heavy (non-hydrogen) atoms. The molecule has 0 spiro atoms. The van der Waals surface area contributed by atoms with E-state index < -0.39 is 86.4 Å². The zero-order chi connectivity index (χ0) is 41.9. The molecule has 7 rings (SSSR count). The van der Waals surface area contributed by atoms with Crippen LogP contribution in [-0.2, 0) is 24.4 Å². The van der Waals surface area contributed by atoms with Gasteiger partial charge in [0.05, 0.1) is 11.3 Å². The van der Waals surface area contributed by atoms with Crippen LogP contribution in [0.5, 0.6) is 17.4 Å². The van der Waals surface area contributed by atoms with Gasteiger partial charge in [0.25, 0.3) is 5.91 Å². The molecule has 3 aliphatic heterocycles. The summed E-state index contributed by atoms with van der Waals surface area (Å²) in [6, 6.07) is -0.839. The van der Waals surface area contributed by atoms with E-state index in [9.17, 15) is 45.9 Å². The minimum Gasteiger partial charge on any atom is -0.486 e. The van der Waals surface area contributed by atoms with Gasteiger partial charge in [-0.3, -0.25) is 24.0 Å². The second-order valence-corrected chi connectivity index (χ2v) is 18.8. The number of carbonyl (C=O) groups excluding carboxylic acids is 3. The molecular weight excluding hydrogens is 788 g/mol. The van der Waals surface area contributed by atoms with Crippen LogP contribution in [0.4, 0.5) is 18.0 Å². The van der Waals surface area contributed by atoms with Crippen molar-refractivity contribution in [2.75, 3.05) is 19.8 Å². The summed E-state index contributed by atoms with van der Waals surface area (Å²) in [7, 11) is -4.12. The predicted molar refractivity (Wildman–Crippen MR) is 201 cm³/mol. The van der Waals surface area contributed by atoms with Crippen molar-refractivity contribution < 1.29 is 60.1 Å². The first-order valence-electron chi connectivity index (χ1n) is 19.5. The number of allylic oxidation sites excluding steroid dienone is 1. The fourth-order valence-electron chi connectivity index (χ4n) is 8.44. The van der Waals surface area contributed by atoms with Crippen LogP contribution in [0.1, 0.15) is 72.6 Å². The van der Waals surface area contributed by atoms with Gasteiger partial charge in [-0.25, -0.2) is 18.2 Å². The average molecular weight is 836 g/mol. The van der Waals surface area contributed by atoms with E-state index in [0.29, 0.717) is 68.1 Å². The van der Waals surface area contributed by atoms with Crippen molar-refractivity contribution in [1.29, 1.82) is 0 Å². The van der Waals surface area contributed by atoms with Gasteiger partial charge in [0.15, 0.2) is 11.5 Å². The summed E-state index contributed by atoms with van der Waals surface area (Å²) in [5.41, 5.74) is -1.71. The maximum absolute atomic E-state index is 14.9. The number of rotatable bonds is 7. The SMILES string of the molecule is C[C@@H]1CCC=C[C@@H]2C[C@@]2(C(=O)NS(=O)(=O)C2(C)CC2)NC(=O)[C@@H]2C[C@@H](Oc3nccc4c5c(ccc34)OCCO5)CN2C(=O)[C@@H](N(C(=O)O)[C@H](C)C(F)(F)F)[C@H](C)C1. The number of nitrogens with one attached hydrogen (secondary N) is 2. The van der Waals surface area contributed by atoms with Gasteiger partial charge in [-0.2, -0.15) is 13.2 Å². The summed E-state index contributed by atoms with van der Waals surface area (Å²) in [6.45, 7) is 5.86. The molecule has 0 bridgehead atoms. The van der Waals surface area contributed by atoms with E-state index in [4.69, 9.17) is 14.2 Å². The fourth-order valence-corrected chi connectivity index (χ4v) is 9.76. The van der Waals surface area contributed by atoms with Gasteiger partial charge in [0.2, 0.25) is 27.7 Å². The smallest absolute Gasteiger partial charge is 0.408 e. The summed E-state index contributed by atoms with van der Waals surface area (Å²) < 4.78 is 88.3. The molecule has 4 heterocycles. The van der Waals surface area contributed by atoms with Crippen molar-refractivity contribution in [2.24, 2.45) is 17.8 Å². The van der Waals surface area contributed by atoms with Crippen molar-refractivity contribution in [1.82, 2.24) is 24.8 Å². The number of halogens is 3. The largest absolute Gasteiger partial charge is 0.486 e. The minimum atomic E-state index is -5.04. The third-order valence-corrected chi connectivity index (χ3v) is 14.5. The Hall–Kier alpha value is -4.81. The van der Waals surface area contributed by atoms with E-state index in [-0.39, 0.29) is 42.5 Å². The maximum atomic E-state index is 14.9. The molecule has 2 aromatic rings. The molecule has 3 fully saturated rings. The van der Waals surface area contributed by atoms with Gasteiger partial charge >= 0.3 is 12.3 Å². The van der Waals surface area contributed by atoms with Crippen molar-refractivity contribution in [3.05, 3.63) is 36.5 Å². The zero-order valence-electron chi connectivity index (χ0n) is 32.6. The molecule has 1 aromatic carbocycles. The first-order chi connectivity index (χ1) is 27.3. The van der Waals surface area contributed by atoms with Crippen LogP contribution in [0.25, 0.3) is 10.8 Å². The minimum absolute atomic E-state index is 0.0506. The molecule has 2 saturated carbocycles. The van der Waals surface area contributed by atoms with Crippen LogP contribution >= 0.6 is 0 Å². The highest BCUT2D eigenvalue weighted by molar-refractivity contribution is 7.91. The number of carboxylic acid groups (broad SMARTS) is 1. The topological polar surface area (TPSA) is 194 Å². The Bertz CT molecular complexity index is 2130. The first-order valence-corrected chi connectivity index (χ1v) is 21.0. The summed E-state index contributed by atoms with van der Waals surface area (Å²) in [5, 5.41) is 14.2. The van der Waals surface area contributed by atoms with Crippen LogP contribution in [-0.4, -0.2) is 113 Å². The Labute approximate surface area is 333 Å². The number of benzene rings is 1. The van der Waals surface area contributed by atoms with Gasteiger partial charge in [0, 0.05) is 29.3 Å². The second kappa shape index (κ2) is 15.1. The van der Waals surface area contributed by atoms with E-state index in [1.807, 2.05) is 6.92 Å². The van der Waals surface area contributed by atoms with Crippen molar-refractivity contribution >= 4 is 44.6 Å². The lowest BCUT2D eigenvalue weighted by molar-refractivity contribution is -0.184. The van der Waals surface area contributed by atoms with Crippen molar-refractivity contribution in [3.63, 3.8) is 0 Å². The lowest BCUT2D eigenvalue weighted by atomic mass is 9.86. The standard InChI is InChI=1S/C39H48F3N5O10S/c1-21-7-5-6-8-24-19-38(24,35(50)45-58(53,54)37(4)12-13-37)44-32(48)28-18-25(57-33-27-9-10-29-31(56-16-15-55-29)26(27)11-14-43-33)20-46(28)34(49)30(22(2)17-21)47(36(51)52)23(3)39(40,41)42/h6,8-11,14,21-25,28,30H,5,7,12-13,15-20H2,1-4H3,(H,44,48)(H,45,50)(H,51,52)/t21-,22-,23-,24-,25-,28+,30+,38-/m1/s1. The summed E-state index contributed by atoms with van der Waals surface area (Å²) in [5.74, 6) is -3.50. The van der Waals surface area contributed by atoms with Crippen LogP contribution in [0.3, 0.4) is 0 Å². The molecule has 8 atom stereocenters. The number of carbonyl (C=O) groups is 4. The van der Waals surface area contributed by atoms with E-state index in [1.54, 1.807) is 30.4 Å². The molecule has 2 aliphatic carbocycles. The molecule has 0 radical (unpaired) electrons. The third kappa shape index (κ3) is 7.73. The lowest BCUT2D eigenvalue weighted by Gasteiger charge is -2.40. The van der Waals surface area contributed by atoms with Crippen LogP contribution < -0.4 is 24.2 Å². The van der Waals surface area contributed by atoms with Gasteiger partial charge in [0.1, 0.15) is 43.0 Å². The number of hydrogen-bond donors (Lipinski definition) is 3. The Morgan fingerprint density at radius 1 is 1.12 bits per heavy atom. The molecule has 1 aromatic heterocycles. The van der Waals surface area contributed by atoms with E-state index in [2.05, 4.69) is 15.0 Å². The summed E-state index contributed by atoms with van der Waals surface area (Å²) in [6.07, 6.45) is -1.30. The first kappa shape index (κ1) is 41.4. The molecule has 1 saturated heterocycles. The van der Waals surface area contributed by atoms with Gasteiger partial charge in [-0.1, -0.05) is 26.0 Å². The van der Waals surface area contributed by atoms with Gasteiger partial charge < -0.3 is 29.5 Å². The Balaban J connectivity index is 1.27. The van der Waals surface area contributed by atoms with Gasteiger partial charge in [-0.05, 0) is 82.4 Å². The average Bonchev–Trinajstić information content (AvgIpc) is 4.04. The number of ether oxygens (including phenoxy) is 3. The molecule has 316 valence electrons. The molecule has 19 heteroatoms. The molecule has 15 nitrogen and oxygen atoms in total. The highest BCUT2D eigenvalue weighted by Crippen LogP contribution is 2.48. The monoisotopic (exact) mass is 835 g/mol. The number of fused-ring (bicyclic) bond motifs is 5. The maximum Gasteiger partial charge on any atom is 0.408 e. The summed E-state index contributed by atoms with van der Waals surface area (Å²) in [4.78, 5) is 61.6. The number of sulfonamides is 1. The highest BCUT2D eigenvalue weighted by Gasteiger charge is 2.63. The normalized spacial score (nSPS) is 30.2. The number of hydrogen-bond acceptors (Lipinski definition) is 10. The third-order valence-electron chi connectivity index (χ3n) is 12.3. The van der Waals surface area contributed by atoms with Crippen LogP contribution in [0, 0.1) is 17.8 Å². The Morgan fingerprint density at radius 2 is 1.84 bits per heavy atom. The Morgan fingerprint density at radius 3 is 2.53 bits per heavy atom. The Kier molecular flexibility index (Phi) is 10.8. The number of nitrogens with zero attached hydrogens (tertiary/aromatic N) is 3. The highest BCUT2D eigenvalue weighted by atomic mass is 32.2. The van der Waals surface area contributed by atoms with E-state index in [1.165, 1.54) is 20.0 Å². The number of aromatic nitrogens is 1. The second-order valence-electron chi connectivity index (χ2n) is 16.6. The molecule has 0 unspecified atom stereocenters. The van der Waals surface area contributed by atoms with E-state index >= 15 is 0 Å². The number of pyridine rings is 1. The lowest BCUT2D eigenvalue weighted by Crippen LogP contribution is -2.62. The van der Waals surface area contributed by atoms with Crippen LogP contribution in [0.2, 0.25) is 0 Å². The zero-order valence-corrected chi connectivity index (χ0v) is 33.4. The van der Waals surface area contributed by atoms with E-state index in [0.717, 1.165) is 4.90 Å². The quantitative estimate of drug-likeness (QED) is 0.332. The molecule has 5 aliphatic rings. The number of alkyl halides is 3.